The molecular formula is C13H11Cl2N3O2. The van der Waals surface area contributed by atoms with Crippen molar-refractivity contribution in [2.24, 2.45) is 4.99 Å². The average Bonchev–Trinajstić information content (AvgIpc) is 2.59. The van der Waals surface area contributed by atoms with Gasteiger partial charge in [0.25, 0.3) is 5.91 Å². The molecule has 1 aromatic carbocycles. The van der Waals surface area contributed by atoms with Gasteiger partial charge in [0.05, 0.1) is 0 Å². The Balaban J connectivity index is 2.32. The molecule has 1 aromatic rings. The standard InChI is InChI=1S/C13H11Cl2N3O2/c1-7(19)16-13-17-12(20)11(18(13)2)5-8-3-4-9(14)6-10(8)15/h3-6H,1-2H3,(H,16,17,19,20). The summed E-state index contributed by atoms with van der Waals surface area (Å²) < 4.78 is 0. The van der Waals surface area contributed by atoms with Gasteiger partial charge >= 0.3 is 0 Å². The number of benzene rings is 1. The lowest BCUT2D eigenvalue weighted by atomic mass is 10.2. The van der Waals surface area contributed by atoms with Gasteiger partial charge in [0.1, 0.15) is 5.70 Å². The maximum atomic E-state index is 11.8. The SMILES string of the molecule is CC(=O)NC1=NC(=O)C(=Cc2ccc(Cl)cc2Cl)N1C. The molecule has 20 heavy (non-hydrogen) atoms. The Hall–Kier alpha value is -1.85. The number of carbonyl (C=O) groups excluding carboxylic acids is 2. The predicted octanol–water partition coefficient (Wildman–Crippen LogP) is 2.30. The number of rotatable bonds is 1. The Morgan fingerprint density at radius 1 is 1.40 bits per heavy atom. The van der Waals surface area contributed by atoms with Crippen LogP contribution in [0, 0.1) is 0 Å². The van der Waals surface area contributed by atoms with Crippen LogP contribution in [-0.4, -0.2) is 29.7 Å². The highest BCUT2D eigenvalue weighted by Gasteiger charge is 2.27. The number of hydrogen-bond donors (Lipinski definition) is 1. The Labute approximate surface area is 125 Å². The molecule has 0 aliphatic carbocycles. The van der Waals surface area contributed by atoms with Gasteiger partial charge in [-0.1, -0.05) is 29.3 Å². The zero-order chi connectivity index (χ0) is 14.9. The fraction of sp³-hybridized carbons (Fsp3) is 0.154. The van der Waals surface area contributed by atoms with Gasteiger partial charge in [0, 0.05) is 24.0 Å². The van der Waals surface area contributed by atoms with Crippen molar-refractivity contribution < 1.29 is 9.59 Å². The van der Waals surface area contributed by atoms with E-state index in [1.807, 2.05) is 0 Å². The lowest BCUT2D eigenvalue weighted by Gasteiger charge is -2.14. The van der Waals surface area contributed by atoms with E-state index >= 15 is 0 Å². The molecular weight excluding hydrogens is 301 g/mol. The van der Waals surface area contributed by atoms with Crippen LogP contribution in [0.2, 0.25) is 10.0 Å². The van der Waals surface area contributed by atoms with E-state index in [4.69, 9.17) is 23.2 Å². The largest absolute Gasteiger partial charge is 0.310 e. The third-order valence-electron chi connectivity index (χ3n) is 2.65. The normalized spacial score (nSPS) is 16.6. The van der Waals surface area contributed by atoms with E-state index in [-0.39, 0.29) is 11.9 Å². The van der Waals surface area contributed by atoms with E-state index in [1.165, 1.54) is 11.8 Å². The van der Waals surface area contributed by atoms with E-state index in [1.54, 1.807) is 31.3 Å². The average molecular weight is 312 g/mol. The Morgan fingerprint density at radius 3 is 2.70 bits per heavy atom. The van der Waals surface area contributed by atoms with Crippen molar-refractivity contribution in [2.45, 2.75) is 6.92 Å². The minimum Gasteiger partial charge on any atom is -0.310 e. The number of guanidine groups is 1. The molecule has 0 saturated carbocycles. The quantitative estimate of drug-likeness (QED) is 0.809. The van der Waals surface area contributed by atoms with Crippen molar-refractivity contribution in [3.8, 4) is 0 Å². The van der Waals surface area contributed by atoms with E-state index in [0.29, 0.717) is 21.3 Å². The first-order valence-corrected chi connectivity index (χ1v) is 6.45. The lowest BCUT2D eigenvalue weighted by Crippen LogP contribution is -2.37. The molecule has 0 fully saturated rings. The fourth-order valence-electron chi connectivity index (χ4n) is 1.68. The van der Waals surface area contributed by atoms with E-state index in [2.05, 4.69) is 10.3 Å². The molecule has 7 heteroatoms. The van der Waals surface area contributed by atoms with Gasteiger partial charge in [-0.15, -0.1) is 0 Å². The molecule has 104 valence electrons. The number of aliphatic imine (C=N–C) groups is 1. The zero-order valence-electron chi connectivity index (χ0n) is 10.8. The molecule has 2 rings (SSSR count). The molecule has 1 heterocycles. The number of hydrogen-bond acceptors (Lipinski definition) is 3. The van der Waals surface area contributed by atoms with E-state index in [0.717, 1.165) is 0 Å². The first-order chi connectivity index (χ1) is 9.38. The minimum atomic E-state index is -0.442. The van der Waals surface area contributed by atoms with Crippen LogP contribution in [0.15, 0.2) is 28.9 Å². The van der Waals surface area contributed by atoms with E-state index in [9.17, 15) is 9.59 Å². The van der Waals surface area contributed by atoms with Crippen molar-refractivity contribution in [3.63, 3.8) is 0 Å². The molecule has 1 aliphatic heterocycles. The monoisotopic (exact) mass is 311 g/mol. The fourth-order valence-corrected chi connectivity index (χ4v) is 2.14. The molecule has 0 saturated heterocycles. The maximum Gasteiger partial charge on any atom is 0.296 e. The van der Waals surface area contributed by atoms with Crippen molar-refractivity contribution in [1.82, 2.24) is 10.2 Å². The van der Waals surface area contributed by atoms with Crippen LogP contribution in [0.3, 0.4) is 0 Å². The summed E-state index contributed by atoms with van der Waals surface area (Å²) in [7, 11) is 1.63. The molecule has 0 unspecified atom stereocenters. The predicted molar refractivity (Wildman–Crippen MR) is 78.5 cm³/mol. The summed E-state index contributed by atoms with van der Waals surface area (Å²) in [5, 5.41) is 3.42. The van der Waals surface area contributed by atoms with Crippen LogP contribution in [0.4, 0.5) is 0 Å². The highest BCUT2D eigenvalue weighted by atomic mass is 35.5. The summed E-state index contributed by atoms with van der Waals surface area (Å²) in [6, 6.07) is 4.97. The molecule has 5 nitrogen and oxygen atoms in total. The summed E-state index contributed by atoms with van der Waals surface area (Å²) in [5.74, 6) is -0.546. The van der Waals surface area contributed by atoms with Crippen LogP contribution in [0.1, 0.15) is 12.5 Å². The lowest BCUT2D eigenvalue weighted by molar-refractivity contribution is -0.117. The molecule has 0 spiro atoms. The number of carbonyl (C=O) groups is 2. The number of nitrogens with one attached hydrogen (secondary N) is 1. The van der Waals surface area contributed by atoms with Crippen molar-refractivity contribution in [1.29, 1.82) is 0 Å². The van der Waals surface area contributed by atoms with Crippen molar-refractivity contribution in [2.75, 3.05) is 7.05 Å². The topological polar surface area (TPSA) is 61.8 Å². The van der Waals surface area contributed by atoms with E-state index < -0.39 is 5.91 Å². The molecule has 1 N–H and O–H groups in total. The molecule has 1 aliphatic rings. The van der Waals surface area contributed by atoms with Crippen LogP contribution >= 0.6 is 23.2 Å². The van der Waals surface area contributed by atoms with Gasteiger partial charge in [0.2, 0.25) is 11.9 Å². The summed E-state index contributed by atoms with van der Waals surface area (Å²) in [6.45, 7) is 1.35. The van der Waals surface area contributed by atoms with Crippen LogP contribution < -0.4 is 5.32 Å². The van der Waals surface area contributed by atoms with Crippen LogP contribution in [-0.2, 0) is 9.59 Å². The van der Waals surface area contributed by atoms with Gasteiger partial charge in [-0.2, -0.15) is 4.99 Å². The van der Waals surface area contributed by atoms with Gasteiger partial charge in [0.15, 0.2) is 0 Å². The maximum absolute atomic E-state index is 11.8. The number of likely N-dealkylation sites (N-methyl/N-ethyl adjacent to an activating group) is 1. The first kappa shape index (κ1) is 14.6. The highest BCUT2D eigenvalue weighted by molar-refractivity contribution is 6.35. The second-order valence-corrected chi connectivity index (χ2v) is 5.02. The van der Waals surface area contributed by atoms with Gasteiger partial charge in [-0.05, 0) is 23.8 Å². The van der Waals surface area contributed by atoms with Crippen LogP contribution in [0.5, 0.6) is 0 Å². The molecule has 0 aromatic heterocycles. The Morgan fingerprint density at radius 2 is 2.10 bits per heavy atom. The second-order valence-electron chi connectivity index (χ2n) is 4.18. The summed E-state index contributed by atoms with van der Waals surface area (Å²) in [4.78, 5) is 28.1. The van der Waals surface area contributed by atoms with Gasteiger partial charge in [-0.25, -0.2) is 0 Å². The highest BCUT2D eigenvalue weighted by Crippen LogP contribution is 2.25. The second kappa shape index (κ2) is 5.64. The third-order valence-corrected chi connectivity index (χ3v) is 3.21. The van der Waals surface area contributed by atoms with Crippen molar-refractivity contribution >= 4 is 47.1 Å². The van der Waals surface area contributed by atoms with Gasteiger partial charge < -0.3 is 4.90 Å². The Bertz CT molecular complexity index is 653. The molecule has 2 amide bonds. The van der Waals surface area contributed by atoms with Crippen molar-refractivity contribution in [3.05, 3.63) is 39.5 Å². The number of amides is 2. The smallest absolute Gasteiger partial charge is 0.296 e. The minimum absolute atomic E-state index is 0.193. The molecule has 0 bridgehead atoms. The molecule has 0 atom stereocenters. The van der Waals surface area contributed by atoms with Crippen LogP contribution in [0.25, 0.3) is 6.08 Å². The van der Waals surface area contributed by atoms with Gasteiger partial charge in [-0.3, -0.25) is 14.9 Å². The number of nitrogens with zero attached hydrogens (tertiary/aromatic N) is 2. The zero-order valence-corrected chi connectivity index (χ0v) is 12.3. The first-order valence-electron chi connectivity index (χ1n) is 5.69. The summed E-state index contributed by atoms with van der Waals surface area (Å²) >= 11 is 11.9. The molecule has 0 radical (unpaired) electrons. The Kier molecular flexibility index (Phi) is 4.11. The third kappa shape index (κ3) is 3.00. The summed E-state index contributed by atoms with van der Waals surface area (Å²) in [5.41, 5.74) is 0.962. The summed E-state index contributed by atoms with van der Waals surface area (Å²) in [6.07, 6.45) is 1.60. The number of halogens is 2.